The molecule has 11 rings (SSSR count). The summed E-state index contributed by atoms with van der Waals surface area (Å²) in [6.07, 6.45) is 0. The van der Waals surface area contributed by atoms with Gasteiger partial charge in [-0.25, -0.2) is 0 Å². The molecule has 0 bridgehead atoms. The Balaban J connectivity index is 1.16. The molecule has 0 fully saturated rings. The van der Waals surface area contributed by atoms with Crippen LogP contribution in [0.4, 0.5) is 0 Å². The number of hydrogen-bond donors (Lipinski definition) is 0. The predicted octanol–water partition coefficient (Wildman–Crippen LogP) is 13.8. The van der Waals surface area contributed by atoms with Crippen molar-refractivity contribution in [3.8, 4) is 44.9 Å². The largest absolute Gasteiger partial charge is 0.456 e. The summed E-state index contributed by atoms with van der Waals surface area (Å²) in [6.45, 7) is 0. The Morgan fingerprint density at radius 2 is 0.875 bits per heavy atom. The van der Waals surface area contributed by atoms with E-state index < -0.39 is 0 Å². The van der Waals surface area contributed by atoms with Crippen molar-refractivity contribution in [2.45, 2.75) is 0 Å². The van der Waals surface area contributed by atoms with Crippen LogP contribution in [-0.4, -0.2) is 0 Å². The van der Waals surface area contributed by atoms with Crippen molar-refractivity contribution in [2.75, 3.05) is 0 Å². The number of rotatable bonds is 2. The van der Waals surface area contributed by atoms with Crippen LogP contribution in [0.15, 0.2) is 158 Å². The summed E-state index contributed by atoms with van der Waals surface area (Å²) >= 11 is 1.88. The van der Waals surface area contributed by atoms with Gasteiger partial charge in [-0.3, -0.25) is 0 Å². The average molecular weight is 627 g/mol. The Morgan fingerprint density at radius 3 is 1.65 bits per heavy atom. The number of benzene rings is 9. The summed E-state index contributed by atoms with van der Waals surface area (Å²) in [4.78, 5) is 0. The van der Waals surface area contributed by atoms with Crippen LogP contribution in [0.1, 0.15) is 0 Å². The molecule has 2 heterocycles. The van der Waals surface area contributed by atoms with Crippen molar-refractivity contribution in [1.29, 1.82) is 0 Å². The van der Waals surface area contributed by atoms with Gasteiger partial charge in [0.1, 0.15) is 11.5 Å². The van der Waals surface area contributed by atoms with Crippen LogP contribution in [0.3, 0.4) is 0 Å². The maximum Gasteiger partial charge on any atom is 0.136 e. The van der Waals surface area contributed by atoms with E-state index in [0.29, 0.717) is 0 Å². The molecule has 1 aliphatic rings. The minimum Gasteiger partial charge on any atom is -0.456 e. The molecule has 1 aliphatic heterocycles. The van der Waals surface area contributed by atoms with Crippen LogP contribution in [-0.2, 0) is 0 Å². The third-order valence-corrected chi connectivity index (χ3v) is 11.4. The highest BCUT2D eigenvalue weighted by atomic mass is 32.1. The van der Waals surface area contributed by atoms with Crippen LogP contribution >= 0.6 is 11.3 Å². The maximum atomic E-state index is 6.81. The fraction of sp³-hybridized carbons (Fsp3) is 0. The Hall–Kier alpha value is -5.96. The lowest BCUT2D eigenvalue weighted by molar-refractivity contribution is 0.488. The first-order valence-corrected chi connectivity index (χ1v) is 17.2. The van der Waals surface area contributed by atoms with Gasteiger partial charge in [0.25, 0.3) is 0 Å². The molecule has 0 saturated heterocycles. The Bertz CT molecular complexity index is 2970. The summed E-state index contributed by atoms with van der Waals surface area (Å²) in [5.41, 5.74) is 7.41. The zero-order valence-electron chi connectivity index (χ0n) is 25.8. The second kappa shape index (κ2) is 9.78. The van der Waals surface area contributed by atoms with E-state index in [2.05, 4.69) is 158 Å². The smallest absolute Gasteiger partial charge is 0.136 e. The summed E-state index contributed by atoms with van der Waals surface area (Å²) in [7, 11) is 0. The highest BCUT2D eigenvalue weighted by Gasteiger charge is 2.24. The molecule has 0 spiro atoms. The lowest BCUT2D eigenvalue weighted by Gasteiger charge is -2.23. The first-order valence-electron chi connectivity index (χ1n) is 16.4. The maximum absolute atomic E-state index is 6.81. The Labute approximate surface area is 280 Å². The number of ether oxygens (including phenoxy) is 1. The quantitative estimate of drug-likeness (QED) is 0.185. The van der Waals surface area contributed by atoms with Crippen LogP contribution in [0.25, 0.3) is 96.6 Å². The van der Waals surface area contributed by atoms with E-state index in [9.17, 15) is 0 Å². The molecule has 1 nitrogen and oxygen atoms in total. The van der Waals surface area contributed by atoms with Crippen molar-refractivity contribution in [3.63, 3.8) is 0 Å². The second-order valence-electron chi connectivity index (χ2n) is 12.8. The molecule has 48 heavy (non-hydrogen) atoms. The van der Waals surface area contributed by atoms with E-state index in [4.69, 9.17) is 4.74 Å². The van der Waals surface area contributed by atoms with Crippen LogP contribution in [0.5, 0.6) is 11.5 Å². The molecular weight excluding hydrogens is 601 g/mol. The summed E-state index contributed by atoms with van der Waals surface area (Å²) in [5.74, 6) is 1.83. The number of fused-ring (bicyclic) bond motifs is 9. The topological polar surface area (TPSA) is 9.23 Å². The Morgan fingerprint density at radius 1 is 0.312 bits per heavy atom. The summed E-state index contributed by atoms with van der Waals surface area (Å²) in [5, 5.41) is 12.6. The van der Waals surface area contributed by atoms with E-state index in [-0.39, 0.29) is 0 Å². The van der Waals surface area contributed by atoms with Crippen molar-refractivity contribution in [1.82, 2.24) is 0 Å². The highest BCUT2D eigenvalue weighted by molar-refractivity contribution is 7.26. The molecule has 0 aliphatic carbocycles. The normalized spacial score (nSPS) is 12.3. The highest BCUT2D eigenvalue weighted by Crippen LogP contribution is 2.53. The van der Waals surface area contributed by atoms with Gasteiger partial charge in [0.05, 0.1) is 0 Å². The molecule has 10 aromatic rings. The minimum absolute atomic E-state index is 0.916. The molecule has 0 atom stereocenters. The zero-order chi connectivity index (χ0) is 31.3. The van der Waals surface area contributed by atoms with Gasteiger partial charge in [0.2, 0.25) is 0 Å². The first kappa shape index (κ1) is 26.1. The van der Waals surface area contributed by atoms with Gasteiger partial charge in [-0.2, -0.15) is 0 Å². The summed E-state index contributed by atoms with van der Waals surface area (Å²) in [6, 6.07) is 57.6. The molecule has 0 unspecified atom stereocenters. The van der Waals surface area contributed by atoms with E-state index in [1.807, 2.05) is 11.3 Å². The molecule has 9 aromatic carbocycles. The second-order valence-corrected chi connectivity index (χ2v) is 13.9. The third kappa shape index (κ3) is 3.61. The lowest BCUT2D eigenvalue weighted by atomic mass is 9.88. The number of thiophene rings is 1. The van der Waals surface area contributed by atoms with Gasteiger partial charge in [-0.05, 0) is 89.8 Å². The molecule has 1 aromatic heterocycles. The molecule has 0 radical (unpaired) electrons. The van der Waals surface area contributed by atoms with Gasteiger partial charge in [-0.1, -0.05) is 133 Å². The van der Waals surface area contributed by atoms with Crippen LogP contribution in [0.2, 0.25) is 0 Å². The standard InChI is InChI=1S/C46H26OS/c1-3-14-29-27(10-1)12-7-18-31(29)34-22-23-37-39-26-43-40(24-42(39)47-41-21-9-20-35(34)45(37)41)46-36-17-6-5-16-33(36)38(25-44(46)48-43)32-19-8-13-28-11-2-4-15-30(28)32/h1-26H. The van der Waals surface area contributed by atoms with Crippen LogP contribution in [0, 0.1) is 0 Å². The van der Waals surface area contributed by atoms with Crippen molar-refractivity contribution < 1.29 is 4.74 Å². The van der Waals surface area contributed by atoms with E-state index in [1.165, 1.54) is 91.1 Å². The predicted molar refractivity (Wildman–Crippen MR) is 206 cm³/mol. The van der Waals surface area contributed by atoms with Crippen LogP contribution < -0.4 is 4.74 Å². The SMILES string of the molecule is c1ccc2c(-c3ccc4c5c(cccc35)Oc3cc5c(cc3-4)sc3cc(-c4cccc6ccccc46)c4ccccc4c35)cccc2c1. The minimum atomic E-state index is 0.916. The molecular formula is C46H26OS. The molecule has 0 saturated carbocycles. The van der Waals surface area contributed by atoms with Crippen molar-refractivity contribution >= 4 is 74.6 Å². The van der Waals surface area contributed by atoms with Gasteiger partial charge < -0.3 is 4.74 Å². The van der Waals surface area contributed by atoms with E-state index in [0.717, 1.165) is 17.1 Å². The average Bonchev–Trinajstić information content (AvgIpc) is 3.51. The molecule has 0 N–H and O–H groups in total. The monoisotopic (exact) mass is 626 g/mol. The zero-order valence-corrected chi connectivity index (χ0v) is 26.6. The molecule has 0 amide bonds. The van der Waals surface area contributed by atoms with E-state index in [1.54, 1.807) is 0 Å². The Kier molecular flexibility index (Phi) is 5.32. The fourth-order valence-electron chi connectivity index (χ4n) is 8.14. The fourth-order valence-corrected chi connectivity index (χ4v) is 9.32. The van der Waals surface area contributed by atoms with Crippen molar-refractivity contribution in [2.24, 2.45) is 0 Å². The first-order chi connectivity index (χ1) is 23.8. The van der Waals surface area contributed by atoms with Gasteiger partial charge in [-0.15, -0.1) is 11.3 Å². The lowest BCUT2D eigenvalue weighted by Crippen LogP contribution is -1.98. The third-order valence-electron chi connectivity index (χ3n) is 10.3. The summed E-state index contributed by atoms with van der Waals surface area (Å²) < 4.78 is 9.38. The molecule has 2 heteroatoms. The number of hydrogen-bond acceptors (Lipinski definition) is 2. The van der Waals surface area contributed by atoms with Gasteiger partial charge in [0, 0.05) is 31.1 Å². The van der Waals surface area contributed by atoms with E-state index >= 15 is 0 Å². The molecule has 222 valence electrons. The van der Waals surface area contributed by atoms with Crippen molar-refractivity contribution in [3.05, 3.63) is 158 Å². The van der Waals surface area contributed by atoms with Gasteiger partial charge in [0.15, 0.2) is 0 Å². The van der Waals surface area contributed by atoms with Gasteiger partial charge >= 0.3 is 0 Å².